The van der Waals surface area contributed by atoms with Gasteiger partial charge in [-0.3, -0.25) is 9.69 Å². The van der Waals surface area contributed by atoms with Gasteiger partial charge in [0.2, 0.25) is 0 Å². The van der Waals surface area contributed by atoms with Gasteiger partial charge in [-0.1, -0.05) is 78.0 Å². The van der Waals surface area contributed by atoms with Crippen molar-refractivity contribution in [2.24, 2.45) is 11.8 Å². The highest BCUT2D eigenvalue weighted by molar-refractivity contribution is 7.09. The number of benzene rings is 1. The molecule has 1 aromatic carbocycles. The minimum Gasteiger partial charge on any atom is -0.426 e. The number of unbranched alkanes of at least 4 members (excludes halogenated alkanes) is 1. The van der Waals surface area contributed by atoms with E-state index in [1.165, 1.54) is 48.1 Å². The van der Waals surface area contributed by atoms with E-state index in [0.29, 0.717) is 18.4 Å². The van der Waals surface area contributed by atoms with Crippen molar-refractivity contribution in [1.29, 1.82) is 0 Å². The second kappa shape index (κ2) is 15.6. The Morgan fingerprint density at radius 2 is 1.86 bits per heavy atom. The van der Waals surface area contributed by atoms with E-state index >= 15 is 0 Å². The average Bonchev–Trinajstić information content (AvgIpc) is 3.38. The van der Waals surface area contributed by atoms with Gasteiger partial charge >= 0.3 is 5.97 Å². The van der Waals surface area contributed by atoms with Crippen molar-refractivity contribution in [1.82, 2.24) is 4.90 Å². The van der Waals surface area contributed by atoms with Gasteiger partial charge in [0.25, 0.3) is 0 Å². The van der Waals surface area contributed by atoms with Crippen LogP contribution in [0.15, 0.2) is 35.7 Å². The highest BCUT2D eigenvalue weighted by Crippen LogP contribution is 2.32. The molecule has 1 aliphatic carbocycles. The number of hydrogen-bond donors (Lipinski definition) is 0. The Morgan fingerprint density at radius 3 is 2.61 bits per heavy atom. The maximum Gasteiger partial charge on any atom is 0.311 e. The predicted molar refractivity (Wildman–Crippen MR) is 154 cm³/mol. The lowest BCUT2D eigenvalue weighted by molar-refractivity contribution is -0.134. The first-order chi connectivity index (χ1) is 17.5. The SMILES string of the molecule is CCCN(CCc1cccs1)C1CCc2c(cccc2OC(=O)CCCC(C)CCCCC(C)C)C1. The van der Waals surface area contributed by atoms with E-state index in [9.17, 15) is 4.79 Å². The highest BCUT2D eigenvalue weighted by Gasteiger charge is 2.26. The van der Waals surface area contributed by atoms with Crippen LogP contribution in [-0.4, -0.2) is 30.0 Å². The molecule has 0 saturated heterocycles. The van der Waals surface area contributed by atoms with Gasteiger partial charge in [-0.25, -0.2) is 0 Å². The molecule has 2 atom stereocenters. The number of fused-ring (bicyclic) bond motifs is 1. The van der Waals surface area contributed by atoms with Crippen LogP contribution in [-0.2, 0) is 24.1 Å². The molecule has 3 rings (SSSR count). The fraction of sp³-hybridized carbons (Fsp3) is 0.656. The van der Waals surface area contributed by atoms with Crippen LogP contribution in [0, 0.1) is 11.8 Å². The minimum atomic E-state index is -0.0684. The summed E-state index contributed by atoms with van der Waals surface area (Å²) in [6.07, 6.45) is 13.3. The summed E-state index contributed by atoms with van der Waals surface area (Å²) in [6, 6.07) is 11.3. The Kier molecular flexibility index (Phi) is 12.5. The van der Waals surface area contributed by atoms with Crippen molar-refractivity contribution >= 4 is 17.3 Å². The molecule has 1 aromatic heterocycles. The molecule has 0 amide bonds. The van der Waals surface area contributed by atoms with Gasteiger partial charge in [0.05, 0.1) is 0 Å². The molecule has 3 nitrogen and oxygen atoms in total. The molecule has 1 aliphatic rings. The molecule has 36 heavy (non-hydrogen) atoms. The third-order valence-electron chi connectivity index (χ3n) is 7.70. The molecular weight excluding hydrogens is 462 g/mol. The lowest BCUT2D eigenvalue weighted by atomic mass is 9.86. The van der Waals surface area contributed by atoms with Crippen LogP contribution in [0.2, 0.25) is 0 Å². The van der Waals surface area contributed by atoms with Gasteiger partial charge in [-0.2, -0.15) is 0 Å². The van der Waals surface area contributed by atoms with Crippen molar-refractivity contribution in [3.8, 4) is 5.75 Å². The first-order valence-electron chi connectivity index (χ1n) is 14.5. The van der Waals surface area contributed by atoms with Gasteiger partial charge in [-0.05, 0) is 85.5 Å². The van der Waals surface area contributed by atoms with E-state index in [0.717, 1.165) is 63.3 Å². The summed E-state index contributed by atoms with van der Waals surface area (Å²) in [4.78, 5) is 16.8. The molecular formula is C32H49NO2S. The smallest absolute Gasteiger partial charge is 0.311 e. The summed E-state index contributed by atoms with van der Waals surface area (Å²) >= 11 is 1.86. The summed E-state index contributed by atoms with van der Waals surface area (Å²) in [6.45, 7) is 11.5. The van der Waals surface area contributed by atoms with E-state index in [-0.39, 0.29) is 5.97 Å². The lowest BCUT2D eigenvalue weighted by Crippen LogP contribution is -2.41. The van der Waals surface area contributed by atoms with Crippen molar-refractivity contribution in [2.75, 3.05) is 13.1 Å². The number of carbonyl (C=O) groups excluding carboxylic acids is 1. The maximum atomic E-state index is 12.6. The van der Waals surface area contributed by atoms with Crippen LogP contribution in [0.5, 0.6) is 5.75 Å². The fourth-order valence-corrected chi connectivity index (χ4v) is 6.29. The van der Waals surface area contributed by atoms with Crippen molar-refractivity contribution in [2.45, 2.75) is 111 Å². The summed E-state index contributed by atoms with van der Waals surface area (Å²) in [7, 11) is 0. The Bertz CT molecular complexity index is 892. The number of rotatable bonds is 16. The predicted octanol–water partition coefficient (Wildman–Crippen LogP) is 8.49. The summed E-state index contributed by atoms with van der Waals surface area (Å²) in [5.41, 5.74) is 2.62. The Hall–Kier alpha value is -1.65. The zero-order chi connectivity index (χ0) is 25.8. The maximum absolute atomic E-state index is 12.6. The van der Waals surface area contributed by atoms with Crippen LogP contribution >= 0.6 is 11.3 Å². The molecule has 0 saturated carbocycles. The van der Waals surface area contributed by atoms with Gasteiger partial charge < -0.3 is 4.74 Å². The van der Waals surface area contributed by atoms with Gasteiger partial charge in [0.15, 0.2) is 0 Å². The quantitative estimate of drug-likeness (QED) is 0.129. The monoisotopic (exact) mass is 511 g/mol. The van der Waals surface area contributed by atoms with Crippen molar-refractivity contribution in [3.05, 3.63) is 51.7 Å². The van der Waals surface area contributed by atoms with Crippen LogP contribution in [0.25, 0.3) is 0 Å². The molecule has 0 fully saturated rings. The third-order valence-corrected chi connectivity index (χ3v) is 8.63. The van der Waals surface area contributed by atoms with Crippen LogP contribution in [0.1, 0.15) is 101 Å². The summed E-state index contributed by atoms with van der Waals surface area (Å²) < 4.78 is 5.91. The molecule has 0 N–H and O–H groups in total. The third kappa shape index (κ3) is 9.67. The molecule has 0 aliphatic heterocycles. The first kappa shape index (κ1) is 28.9. The molecule has 0 radical (unpaired) electrons. The molecule has 1 heterocycles. The second-order valence-corrected chi connectivity index (χ2v) is 12.3. The van der Waals surface area contributed by atoms with Crippen LogP contribution < -0.4 is 4.74 Å². The van der Waals surface area contributed by atoms with Crippen LogP contribution in [0.3, 0.4) is 0 Å². The first-order valence-corrected chi connectivity index (χ1v) is 15.4. The number of hydrogen-bond acceptors (Lipinski definition) is 4. The van der Waals surface area contributed by atoms with Gasteiger partial charge in [0, 0.05) is 23.9 Å². The number of thiophene rings is 1. The Labute approximate surface area is 224 Å². The van der Waals surface area contributed by atoms with E-state index in [1.807, 2.05) is 17.4 Å². The standard InChI is InChI=1S/C32H49NO2S/c1-5-21-33(22-20-29-15-10-23-36-29)28-18-19-30-27(24-28)14-9-16-31(30)35-32(34)17-8-13-26(4)12-7-6-11-25(2)3/h9-10,14-16,23,25-26,28H,5-8,11-13,17-22,24H2,1-4H3. The van der Waals surface area contributed by atoms with Crippen molar-refractivity contribution in [3.63, 3.8) is 0 Å². The molecule has 2 aromatic rings. The number of carbonyl (C=O) groups is 1. The number of ether oxygens (including phenoxy) is 1. The Balaban J connectivity index is 1.46. The summed E-state index contributed by atoms with van der Waals surface area (Å²) in [5.74, 6) is 2.23. The molecule has 0 bridgehead atoms. The van der Waals surface area contributed by atoms with E-state index in [4.69, 9.17) is 4.74 Å². The lowest BCUT2D eigenvalue weighted by Gasteiger charge is -2.35. The number of esters is 1. The van der Waals surface area contributed by atoms with Gasteiger partial charge in [0.1, 0.15) is 5.75 Å². The van der Waals surface area contributed by atoms with E-state index in [1.54, 1.807) is 0 Å². The molecule has 200 valence electrons. The fourth-order valence-electron chi connectivity index (χ4n) is 5.59. The largest absolute Gasteiger partial charge is 0.426 e. The topological polar surface area (TPSA) is 29.5 Å². The zero-order valence-electron chi connectivity index (χ0n) is 23.3. The molecule has 0 spiro atoms. The average molecular weight is 512 g/mol. The molecule has 2 unspecified atom stereocenters. The summed E-state index contributed by atoms with van der Waals surface area (Å²) in [5, 5.41) is 2.18. The normalized spacial score (nSPS) is 16.3. The Morgan fingerprint density at radius 1 is 1.06 bits per heavy atom. The van der Waals surface area contributed by atoms with Crippen LogP contribution in [0.4, 0.5) is 0 Å². The highest BCUT2D eigenvalue weighted by atomic mass is 32.1. The van der Waals surface area contributed by atoms with E-state index in [2.05, 4.69) is 62.2 Å². The van der Waals surface area contributed by atoms with Crippen molar-refractivity contribution < 1.29 is 9.53 Å². The number of nitrogens with zero attached hydrogens (tertiary/aromatic N) is 1. The van der Waals surface area contributed by atoms with Gasteiger partial charge in [-0.15, -0.1) is 11.3 Å². The van der Waals surface area contributed by atoms with E-state index < -0.39 is 0 Å². The molecule has 4 heteroatoms. The zero-order valence-corrected chi connectivity index (χ0v) is 24.1. The minimum absolute atomic E-state index is 0.0684. The second-order valence-electron chi connectivity index (χ2n) is 11.3.